The molecule has 2 N–H and O–H groups in total. The Labute approximate surface area is 145 Å². The van der Waals surface area contributed by atoms with Crippen molar-refractivity contribution in [3.05, 3.63) is 59.4 Å². The average Bonchev–Trinajstić information content (AvgIpc) is 3.01. The number of rotatable bonds is 5. The second-order valence-electron chi connectivity index (χ2n) is 5.58. The minimum atomic E-state index is -0.627. The average molecular weight is 344 g/mol. The van der Waals surface area contributed by atoms with Crippen molar-refractivity contribution in [2.75, 3.05) is 0 Å². The topological polar surface area (TPSA) is 67.0 Å². The minimum absolute atomic E-state index is 0.210. The molecule has 2 atom stereocenters. The summed E-state index contributed by atoms with van der Waals surface area (Å²) in [6.07, 6.45) is -0.627. The summed E-state index contributed by atoms with van der Waals surface area (Å²) in [5.74, 6) is 1.10. The molecule has 0 radical (unpaired) electrons. The Morgan fingerprint density at radius 2 is 1.88 bits per heavy atom. The summed E-state index contributed by atoms with van der Waals surface area (Å²) in [5, 5.41) is 3.53. The van der Waals surface area contributed by atoms with Crippen molar-refractivity contribution in [3.8, 4) is 5.75 Å². The third-order valence-electron chi connectivity index (χ3n) is 3.67. The van der Waals surface area contributed by atoms with Crippen molar-refractivity contribution in [3.63, 3.8) is 0 Å². The van der Waals surface area contributed by atoms with Crippen LogP contribution in [0.2, 0.25) is 5.02 Å². The number of H-pyrrole nitrogens is 1. The van der Waals surface area contributed by atoms with Gasteiger partial charge in [0.05, 0.1) is 17.1 Å². The number of imidazole rings is 1. The lowest BCUT2D eigenvalue weighted by molar-refractivity contribution is -0.128. The molecule has 3 aromatic rings. The van der Waals surface area contributed by atoms with E-state index in [1.54, 1.807) is 31.2 Å². The first-order valence-electron chi connectivity index (χ1n) is 7.70. The highest BCUT2D eigenvalue weighted by molar-refractivity contribution is 6.30. The van der Waals surface area contributed by atoms with E-state index in [1.807, 2.05) is 31.2 Å². The number of ether oxygens (including phenoxy) is 1. The SMILES string of the molecule is CC(Oc1ccc(Cl)cc1)C(=O)N[C@@H](C)c1nc2ccccc2[nH]1. The number of hydrogen-bond donors (Lipinski definition) is 2. The second-order valence-corrected chi connectivity index (χ2v) is 6.02. The summed E-state index contributed by atoms with van der Waals surface area (Å²) in [5.41, 5.74) is 1.82. The molecule has 0 aliphatic rings. The van der Waals surface area contributed by atoms with E-state index in [9.17, 15) is 4.79 Å². The normalized spacial score (nSPS) is 13.5. The molecule has 0 saturated heterocycles. The number of carbonyl (C=O) groups excluding carboxylic acids is 1. The summed E-state index contributed by atoms with van der Waals surface area (Å²) in [7, 11) is 0. The Bertz CT molecular complexity index is 812. The molecule has 5 nitrogen and oxygen atoms in total. The van der Waals surface area contributed by atoms with E-state index in [-0.39, 0.29) is 11.9 Å². The molecule has 0 saturated carbocycles. The van der Waals surface area contributed by atoms with Gasteiger partial charge in [0.25, 0.3) is 5.91 Å². The summed E-state index contributed by atoms with van der Waals surface area (Å²) < 4.78 is 5.63. The Morgan fingerprint density at radius 1 is 1.17 bits per heavy atom. The lowest BCUT2D eigenvalue weighted by Gasteiger charge is -2.17. The molecule has 1 aromatic heterocycles. The van der Waals surface area contributed by atoms with Gasteiger partial charge in [-0.15, -0.1) is 0 Å². The van der Waals surface area contributed by atoms with E-state index in [0.29, 0.717) is 16.6 Å². The fraction of sp³-hybridized carbons (Fsp3) is 0.222. The number of amides is 1. The van der Waals surface area contributed by atoms with E-state index < -0.39 is 6.10 Å². The summed E-state index contributed by atoms with van der Waals surface area (Å²) in [6.45, 7) is 3.58. The number of para-hydroxylation sites is 2. The van der Waals surface area contributed by atoms with Crippen molar-refractivity contribution in [1.82, 2.24) is 15.3 Å². The molecule has 6 heteroatoms. The molecule has 124 valence electrons. The van der Waals surface area contributed by atoms with Gasteiger partial charge >= 0.3 is 0 Å². The van der Waals surface area contributed by atoms with Gasteiger partial charge in [-0.3, -0.25) is 4.79 Å². The number of nitrogens with one attached hydrogen (secondary N) is 2. The fourth-order valence-corrected chi connectivity index (χ4v) is 2.47. The largest absolute Gasteiger partial charge is 0.481 e. The van der Waals surface area contributed by atoms with Crippen LogP contribution in [-0.4, -0.2) is 22.0 Å². The van der Waals surface area contributed by atoms with Crippen LogP contribution in [0, 0.1) is 0 Å². The van der Waals surface area contributed by atoms with Crippen molar-refractivity contribution in [2.45, 2.75) is 26.0 Å². The van der Waals surface area contributed by atoms with E-state index in [4.69, 9.17) is 16.3 Å². The minimum Gasteiger partial charge on any atom is -0.481 e. The molecule has 2 aromatic carbocycles. The Morgan fingerprint density at radius 3 is 2.58 bits per heavy atom. The zero-order valence-electron chi connectivity index (χ0n) is 13.4. The first-order chi connectivity index (χ1) is 11.5. The van der Waals surface area contributed by atoms with Crippen molar-refractivity contribution >= 4 is 28.5 Å². The summed E-state index contributed by atoms with van der Waals surface area (Å²) in [4.78, 5) is 20.0. The summed E-state index contributed by atoms with van der Waals surface area (Å²) >= 11 is 5.84. The third-order valence-corrected chi connectivity index (χ3v) is 3.92. The van der Waals surface area contributed by atoms with E-state index in [0.717, 1.165) is 11.0 Å². The number of carbonyl (C=O) groups is 1. The van der Waals surface area contributed by atoms with Crippen molar-refractivity contribution in [1.29, 1.82) is 0 Å². The highest BCUT2D eigenvalue weighted by Gasteiger charge is 2.19. The maximum atomic E-state index is 12.3. The van der Waals surface area contributed by atoms with Crippen molar-refractivity contribution < 1.29 is 9.53 Å². The second kappa shape index (κ2) is 6.93. The van der Waals surface area contributed by atoms with E-state index in [2.05, 4.69) is 15.3 Å². The molecule has 1 heterocycles. The van der Waals surface area contributed by atoms with Crippen LogP contribution >= 0.6 is 11.6 Å². The predicted molar refractivity (Wildman–Crippen MR) is 94.2 cm³/mol. The van der Waals surface area contributed by atoms with Gasteiger partial charge in [0.1, 0.15) is 11.6 Å². The van der Waals surface area contributed by atoms with Crippen LogP contribution < -0.4 is 10.1 Å². The molecule has 0 spiro atoms. The maximum Gasteiger partial charge on any atom is 0.261 e. The zero-order chi connectivity index (χ0) is 17.1. The molecule has 0 bridgehead atoms. The first-order valence-corrected chi connectivity index (χ1v) is 8.08. The lowest BCUT2D eigenvalue weighted by Crippen LogP contribution is -2.38. The van der Waals surface area contributed by atoms with Crippen LogP contribution in [0.15, 0.2) is 48.5 Å². The molecular weight excluding hydrogens is 326 g/mol. The van der Waals surface area contributed by atoms with E-state index >= 15 is 0 Å². The number of halogens is 1. The van der Waals surface area contributed by atoms with Gasteiger partial charge in [0, 0.05) is 5.02 Å². The van der Waals surface area contributed by atoms with E-state index in [1.165, 1.54) is 0 Å². The smallest absolute Gasteiger partial charge is 0.261 e. The number of nitrogens with zero attached hydrogens (tertiary/aromatic N) is 1. The van der Waals surface area contributed by atoms with Crippen LogP contribution in [0.3, 0.4) is 0 Å². The molecule has 24 heavy (non-hydrogen) atoms. The van der Waals surface area contributed by atoms with Crippen LogP contribution in [0.5, 0.6) is 5.75 Å². The standard InChI is InChI=1S/C18H18ClN3O2/c1-11(17-21-15-5-3-4-6-16(15)22-17)20-18(23)12(2)24-14-9-7-13(19)8-10-14/h3-12H,1-2H3,(H,20,23)(H,21,22)/t11-,12?/m0/s1. The number of hydrogen-bond acceptors (Lipinski definition) is 3. The number of aromatic nitrogens is 2. The van der Waals surface area contributed by atoms with Crippen LogP contribution in [0.1, 0.15) is 25.7 Å². The fourth-order valence-electron chi connectivity index (χ4n) is 2.35. The predicted octanol–water partition coefficient (Wildman–Crippen LogP) is 3.86. The third kappa shape index (κ3) is 3.68. The Kier molecular flexibility index (Phi) is 4.71. The molecule has 0 aliphatic carbocycles. The van der Waals surface area contributed by atoms with Gasteiger partial charge in [0.2, 0.25) is 0 Å². The number of aromatic amines is 1. The quantitative estimate of drug-likeness (QED) is 0.739. The Hall–Kier alpha value is -2.53. The molecular formula is C18H18ClN3O2. The van der Waals surface area contributed by atoms with Gasteiger partial charge in [-0.05, 0) is 50.2 Å². The maximum absolute atomic E-state index is 12.3. The first kappa shape index (κ1) is 16.3. The summed E-state index contributed by atoms with van der Waals surface area (Å²) in [6, 6.07) is 14.4. The molecule has 1 amide bonds. The van der Waals surface area contributed by atoms with Gasteiger partial charge in [-0.2, -0.15) is 0 Å². The van der Waals surface area contributed by atoms with Crippen LogP contribution in [-0.2, 0) is 4.79 Å². The zero-order valence-corrected chi connectivity index (χ0v) is 14.2. The molecule has 1 unspecified atom stereocenters. The van der Waals surface area contributed by atoms with Crippen molar-refractivity contribution in [2.24, 2.45) is 0 Å². The Balaban J connectivity index is 1.63. The number of fused-ring (bicyclic) bond motifs is 1. The van der Waals surface area contributed by atoms with Gasteiger partial charge in [-0.1, -0.05) is 23.7 Å². The van der Waals surface area contributed by atoms with Gasteiger partial charge in [0.15, 0.2) is 6.10 Å². The van der Waals surface area contributed by atoms with Gasteiger partial charge < -0.3 is 15.0 Å². The molecule has 3 rings (SSSR count). The molecule has 0 fully saturated rings. The number of benzene rings is 2. The highest BCUT2D eigenvalue weighted by Crippen LogP contribution is 2.18. The van der Waals surface area contributed by atoms with Crippen LogP contribution in [0.25, 0.3) is 11.0 Å². The van der Waals surface area contributed by atoms with Gasteiger partial charge in [-0.25, -0.2) is 4.98 Å². The molecule has 0 aliphatic heterocycles. The highest BCUT2D eigenvalue weighted by atomic mass is 35.5. The lowest BCUT2D eigenvalue weighted by atomic mass is 10.2. The van der Waals surface area contributed by atoms with Crippen LogP contribution in [0.4, 0.5) is 0 Å². The monoisotopic (exact) mass is 343 g/mol.